The van der Waals surface area contributed by atoms with Crippen LogP contribution in [0, 0.1) is 0 Å². The zero-order valence-corrected chi connectivity index (χ0v) is 12.0. The monoisotopic (exact) mass is 301 g/mol. The summed E-state index contributed by atoms with van der Waals surface area (Å²) in [5.74, 6) is 0.898. The first-order valence-electron chi connectivity index (χ1n) is 5.84. The van der Waals surface area contributed by atoms with Gasteiger partial charge in [-0.2, -0.15) is 0 Å². The Morgan fingerprint density at radius 2 is 2.24 bits per heavy atom. The van der Waals surface area contributed by atoms with Gasteiger partial charge in [-0.15, -0.1) is 0 Å². The number of aliphatic hydroxyl groups is 1. The Morgan fingerprint density at radius 1 is 1.47 bits per heavy atom. The number of halogens is 1. The third-order valence-electron chi connectivity index (χ3n) is 2.68. The Hall–Kier alpha value is -0.580. The van der Waals surface area contributed by atoms with E-state index in [4.69, 9.17) is 9.84 Å². The van der Waals surface area contributed by atoms with E-state index in [2.05, 4.69) is 34.2 Å². The van der Waals surface area contributed by atoms with Crippen molar-refractivity contribution >= 4 is 15.9 Å². The number of aliphatic hydroxyl groups excluding tert-OH is 1. The van der Waals surface area contributed by atoms with E-state index in [1.165, 1.54) is 0 Å². The molecule has 0 bridgehead atoms. The zero-order valence-electron chi connectivity index (χ0n) is 10.4. The fraction of sp³-hybridized carbons (Fsp3) is 0.538. The topological polar surface area (TPSA) is 41.5 Å². The Labute approximate surface area is 111 Å². The van der Waals surface area contributed by atoms with Crippen molar-refractivity contribution in [2.24, 2.45) is 0 Å². The fourth-order valence-corrected chi connectivity index (χ4v) is 2.08. The molecule has 3 nitrogen and oxygen atoms in total. The van der Waals surface area contributed by atoms with Crippen molar-refractivity contribution in [2.75, 3.05) is 13.7 Å². The molecule has 1 unspecified atom stereocenters. The molecule has 0 aliphatic heterocycles. The van der Waals surface area contributed by atoms with Crippen molar-refractivity contribution in [1.82, 2.24) is 5.32 Å². The van der Waals surface area contributed by atoms with Gasteiger partial charge in [-0.05, 0) is 38.0 Å². The molecule has 0 aliphatic carbocycles. The molecular weight excluding hydrogens is 282 g/mol. The molecule has 1 rings (SSSR count). The average molecular weight is 302 g/mol. The normalized spacial score (nSPS) is 12.5. The molecule has 17 heavy (non-hydrogen) atoms. The predicted molar refractivity (Wildman–Crippen MR) is 73.3 cm³/mol. The van der Waals surface area contributed by atoms with Gasteiger partial charge in [0.1, 0.15) is 5.75 Å². The van der Waals surface area contributed by atoms with E-state index in [0.29, 0.717) is 6.04 Å². The molecule has 0 saturated heterocycles. The Bertz CT molecular complexity index is 344. The SMILES string of the molecule is COc1ccc(Br)cc1CNC(C)CCCO. The van der Waals surface area contributed by atoms with Crippen LogP contribution in [0.25, 0.3) is 0 Å². The van der Waals surface area contributed by atoms with Crippen LogP contribution in [0.2, 0.25) is 0 Å². The summed E-state index contributed by atoms with van der Waals surface area (Å²) in [5.41, 5.74) is 1.14. The highest BCUT2D eigenvalue weighted by Gasteiger charge is 2.06. The van der Waals surface area contributed by atoms with Crippen LogP contribution >= 0.6 is 15.9 Å². The summed E-state index contributed by atoms with van der Waals surface area (Å²) in [6.45, 7) is 3.15. The molecule has 1 aromatic carbocycles. The predicted octanol–water partition coefficient (Wildman–Crippen LogP) is 2.71. The van der Waals surface area contributed by atoms with E-state index in [1.807, 2.05) is 12.1 Å². The molecule has 1 atom stereocenters. The number of ether oxygens (including phenoxy) is 1. The van der Waals surface area contributed by atoms with Gasteiger partial charge < -0.3 is 15.2 Å². The van der Waals surface area contributed by atoms with Crippen LogP contribution in [0.15, 0.2) is 22.7 Å². The summed E-state index contributed by atoms with van der Waals surface area (Å²) < 4.78 is 6.37. The summed E-state index contributed by atoms with van der Waals surface area (Å²) in [4.78, 5) is 0. The van der Waals surface area contributed by atoms with Crippen molar-refractivity contribution in [3.63, 3.8) is 0 Å². The van der Waals surface area contributed by atoms with E-state index in [-0.39, 0.29) is 6.61 Å². The van der Waals surface area contributed by atoms with Gasteiger partial charge in [0.2, 0.25) is 0 Å². The number of hydrogen-bond donors (Lipinski definition) is 2. The van der Waals surface area contributed by atoms with Crippen molar-refractivity contribution in [2.45, 2.75) is 32.4 Å². The lowest BCUT2D eigenvalue weighted by molar-refractivity contribution is 0.276. The molecule has 0 radical (unpaired) electrons. The molecule has 0 saturated carbocycles. The molecule has 0 heterocycles. The van der Waals surface area contributed by atoms with Crippen molar-refractivity contribution in [3.8, 4) is 5.75 Å². The van der Waals surface area contributed by atoms with Gasteiger partial charge in [-0.1, -0.05) is 15.9 Å². The zero-order chi connectivity index (χ0) is 12.7. The van der Waals surface area contributed by atoms with E-state index in [0.717, 1.165) is 35.2 Å². The second kappa shape index (κ2) is 7.69. The van der Waals surface area contributed by atoms with E-state index in [1.54, 1.807) is 7.11 Å². The van der Waals surface area contributed by atoms with Gasteiger partial charge in [-0.25, -0.2) is 0 Å². The second-order valence-corrected chi connectivity index (χ2v) is 5.02. The molecule has 0 aromatic heterocycles. The Morgan fingerprint density at radius 3 is 2.88 bits per heavy atom. The number of benzene rings is 1. The summed E-state index contributed by atoms with van der Waals surface area (Å²) in [7, 11) is 1.68. The smallest absolute Gasteiger partial charge is 0.123 e. The van der Waals surface area contributed by atoms with E-state index >= 15 is 0 Å². The first-order chi connectivity index (χ1) is 8.17. The van der Waals surface area contributed by atoms with Crippen LogP contribution < -0.4 is 10.1 Å². The fourth-order valence-electron chi connectivity index (χ4n) is 1.67. The molecule has 0 fully saturated rings. The molecular formula is C13H20BrNO2. The first kappa shape index (κ1) is 14.5. The third-order valence-corrected chi connectivity index (χ3v) is 3.17. The van der Waals surface area contributed by atoms with Gasteiger partial charge in [0.15, 0.2) is 0 Å². The highest BCUT2D eigenvalue weighted by molar-refractivity contribution is 9.10. The summed E-state index contributed by atoms with van der Waals surface area (Å²) >= 11 is 3.46. The molecule has 4 heteroatoms. The van der Waals surface area contributed by atoms with Gasteiger partial charge in [0.05, 0.1) is 7.11 Å². The van der Waals surface area contributed by atoms with Crippen LogP contribution in [0.3, 0.4) is 0 Å². The Kier molecular flexibility index (Phi) is 6.55. The van der Waals surface area contributed by atoms with Crippen LogP contribution in [-0.4, -0.2) is 24.9 Å². The number of rotatable bonds is 7. The van der Waals surface area contributed by atoms with Gasteiger partial charge in [-0.3, -0.25) is 0 Å². The lowest BCUT2D eigenvalue weighted by Crippen LogP contribution is -2.25. The van der Waals surface area contributed by atoms with Crippen molar-refractivity contribution in [1.29, 1.82) is 0 Å². The number of methoxy groups -OCH3 is 1. The summed E-state index contributed by atoms with van der Waals surface area (Å²) in [6.07, 6.45) is 1.82. The van der Waals surface area contributed by atoms with Crippen LogP contribution in [0.4, 0.5) is 0 Å². The van der Waals surface area contributed by atoms with E-state index in [9.17, 15) is 0 Å². The maximum absolute atomic E-state index is 8.76. The first-order valence-corrected chi connectivity index (χ1v) is 6.63. The van der Waals surface area contributed by atoms with Gasteiger partial charge in [0, 0.05) is 29.2 Å². The summed E-state index contributed by atoms with van der Waals surface area (Å²) in [6, 6.07) is 6.38. The van der Waals surface area contributed by atoms with Crippen LogP contribution in [0.5, 0.6) is 5.75 Å². The minimum Gasteiger partial charge on any atom is -0.496 e. The minimum absolute atomic E-state index is 0.256. The number of nitrogens with one attached hydrogen (secondary N) is 1. The molecule has 2 N–H and O–H groups in total. The molecule has 0 spiro atoms. The maximum atomic E-state index is 8.76. The van der Waals surface area contributed by atoms with Gasteiger partial charge in [0.25, 0.3) is 0 Å². The second-order valence-electron chi connectivity index (χ2n) is 4.10. The third kappa shape index (κ3) is 5.06. The molecule has 96 valence electrons. The molecule has 0 amide bonds. The van der Waals surface area contributed by atoms with Crippen LogP contribution in [-0.2, 0) is 6.54 Å². The van der Waals surface area contributed by atoms with Crippen molar-refractivity contribution < 1.29 is 9.84 Å². The quantitative estimate of drug-likeness (QED) is 0.814. The largest absolute Gasteiger partial charge is 0.496 e. The van der Waals surface area contributed by atoms with Crippen molar-refractivity contribution in [3.05, 3.63) is 28.2 Å². The Balaban J connectivity index is 2.52. The lowest BCUT2D eigenvalue weighted by Gasteiger charge is -2.15. The maximum Gasteiger partial charge on any atom is 0.123 e. The standard InChI is InChI=1S/C13H20BrNO2/c1-10(4-3-7-16)15-9-11-8-12(14)5-6-13(11)17-2/h5-6,8,10,15-16H,3-4,7,9H2,1-2H3. The molecule has 1 aromatic rings. The molecule has 0 aliphatic rings. The van der Waals surface area contributed by atoms with Crippen LogP contribution in [0.1, 0.15) is 25.3 Å². The highest BCUT2D eigenvalue weighted by Crippen LogP contribution is 2.22. The van der Waals surface area contributed by atoms with E-state index < -0.39 is 0 Å². The highest BCUT2D eigenvalue weighted by atomic mass is 79.9. The van der Waals surface area contributed by atoms with Gasteiger partial charge >= 0.3 is 0 Å². The average Bonchev–Trinajstić information content (AvgIpc) is 2.34. The number of hydrogen-bond acceptors (Lipinski definition) is 3. The lowest BCUT2D eigenvalue weighted by atomic mass is 10.1. The summed E-state index contributed by atoms with van der Waals surface area (Å²) in [5, 5.41) is 12.2. The minimum atomic E-state index is 0.256.